The molecule has 1 atom stereocenters. The highest BCUT2D eigenvalue weighted by molar-refractivity contribution is 5.82. The first-order valence-corrected chi connectivity index (χ1v) is 8.59. The molecular weight excluding hydrogens is 304 g/mol. The number of fused-ring (bicyclic) bond motifs is 1. The lowest BCUT2D eigenvalue weighted by molar-refractivity contribution is -0.137. The van der Waals surface area contributed by atoms with Gasteiger partial charge in [-0.3, -0.25) is 9.69 Å². The average Bonchev–Trinajstić information content (AvgIpc) is 3.25. The van der Waals surface area contributed by atoms with Crippen LogP contribution in [-0.4, -0.2) is 45.0 Å². The average molecular weight is 326 g/mol. The van der Waals surface area contributed by atoms with E-state index < -0.39 is 0 Å². The van der Waals surface area contributed by atoms with Gasteiger partial charge < -0.3 is 9.42 Å². The van der Waals surface area contributed by atoms with E-state index in [1.807, 2.05) is 17.9 Å². The number of rotatable bonds is 3. The van der Waals surface area contributed by atoms with Crippen LogP contribution < -0.4 is 0 Å². The summed E-state index contributed by atoms with van der Waals surface area (Å²) in [7, 11) is 0. The van der Waals surface area contributed by atoms with Gasteiger partial charge in [-0.15, -0.1) is 0 Å². The molecule has 1 saturated heterocycles. The van der Waals surface area contributed by atoms with Crippen LogP contribution in [0.2, 0.25) is 0 Å². The van der Waals surface area contributed by atoms with Gasteiger partial charge in [-0.2, -0.15) is 4.98 Å². The number of hydrogen-bond donors (Lipinski definition) is 0. The van der Waals surface area contributed by atoms with E-state index in [-0.39, 0.29) is 11.9 Å². The number of amides is 1. The SMILES string of the molecule is Cc1noc(CN2Cc3ccccc3C[C@H]2C(=O)N2CCCC2)n1. The quantitative estimate of drug-likeness (QED) is 0.862. The predicted molar refractivity (Wildman–Crippen MR) is 88.0 cm³/mol. The molecule has 1 fully saturated rings. The molecule has 24 heavy (non-hydrogen) atoms. The van der Waals surface area contributed by atoms with Gasteiger partial charge >= 0.3 is 0 Å². The summed E-state index contributed by atoms with van der Waals surface area (Å²) < 4.78 is 5.28. The number of benzene rings is 1. The molecule has 0 saturated carbocycles. The highest BCUT2D eigenvalue weighted by atomic mass is 16.5. The number of aromatic nitrogens is 2. The maximum atomic E-state index is 13.0. The summed E-state index contributed by atoms with van der Waals surface area (Å²) in [6.45, 7) is 4.82. The molecule has 126 valence electrons. The van der Waals surface area contributed by atoms with Crippen molar-refractivity contribution in [3.63, 3.8) is 0 Å². The van der Waals surface area contributed by atoms with Crippen molar-refractivity contribution in [2.75, 3.05) is 13.1 Å². The minimum Gasteiger partial charge on any atom is -0.341 e. The molecule has 2 aromatic rings. The van der Waals surface area contributed by atoms with Gasteiger partial charge in [-0.1, -0.05) is 29.4 Å². The summed E-state index contributed by atoms with van der Waals surface area (Å²) >= 11 is 0. The monoisotopic (exact) mass is 326 g/mol. The van der Waals surface area contributed by atoms with Crippen LogP contribution in [0, 0.1) is 6.92 Å². The zero-order valence-corrected chi connectivity index (χ0v) is 13.9. The van der Waals surface area contributed by atoms with E-state index in [1.165, 1.54) is 11.1 Å². The van der Waals surface area contributed by atoms with E-state index >= 15 is 0 Å². The lowest BCUT2D eigenvalue weighted by atomic mass is 9.93. The van der Waals surface area contributed by atoms with Gasteiger partial charge in [0.25, 0.3) is 0 Å². The maximum absolute atomic E-state index is 13.0. The molecule has 0 aliphatic carbocycles. The van der Waals surface area contributed by atoms with Crippen LogP contribution in [0.25, 0.3) is 0 Å². The van der Waals surface area contributed by atoms with Gasteiger partial charge in [0, 0.05) is 19.6 Å². The summed E-state index contributed by atoms with van der Waals surface area (Å²) in [5.41, 5.74) is 2.55. The van der Waals surface area contributed by atoms with E-state index in [0.717, 1.165) is 38.9 Å². The second-order valence-corrected chi connectivity index (χ2v) is 6.66. The Labute approximate surface area is 141 Å². The summed E-state index contributed by atoms with van der Waals surface area (Å²) in [6, 6.07) is 8.22. The molecule has 3 heterocycles. The van der Waals surface area contributed by atoms with Crippen molar-refractivity contribution in [3.8, 4) is 0 Å². The van der Waals surface area contributed by atoms with E-state index in [4.69, 9.17) is 4.52 Å². The Morgan fingerprint density at radius 1 is 1.25 bits per heavy atom. The number of carbonyl (C=O) groups is 1. The Bertz CT molecular complexity index is 736. The number of aryl methyl sites for hydroxylation is 1. The number of hydrogen-bond acceptors (Lipinski definition) is 5. The lowest BCUT2D eigenvalue weighted by Gasteiger charge is -2.37. The van der Waals surface area contributed by atoms with Crippen molar-refractivity contribution in [2.24, 2.45) is 0 Å². The van der Waals surface area contributed by atoms with Gasteiger partial charge in [-0.05, 0) is 37.3 Å². The minimum absolute atomic E-state index is 0.148. The summed E-state index contributed by atoms with van der Waals surface area (Å²) in [6.07, 6.45) is 2.97. The second kappa shape index (κ2) is 6.36. The summed E-state index contributed by atoms with van der Waals surface area (Å²) in [5.74, 6) is 1.44. The fraction of sp³-hybridized carbons (Fsp3) is 0.500. The highest BCUT2D eigenvalue weighted by Gasteiger charge is 2.35. The van der Waals surface area contributed by atoms with E-state index in [1.54, 1.807) is 0 Å². The zero-order valence-electron chi connectivity index (χ0n) is 13.9. The smallest absolute Gasteiger partial charge is 0.240 e. The molecule has 0 radical (unpaired) electrons. The Kier molecular flexibility index (Phi) is 4.06. The van der Waals surface area contributed by atoms with Crippen molar-refractivity contribution in [1.82, 2.24) is 19.9 Å². The molecule has 6 nitrogen and oxygen atoms in total. The number of carbonyl (C=O) groups excluding carboxylic acids is 1. The molecule has 6 heteroatoms. The maximum Gasteiger partial charge on any atom is 0.240 e. The van der Waals surface area contributed by atoms with Crippen LogP contribution in [0.5, 0.6) is 0 Å². The van der Waals surface area contributed by atoms with Crippen LogP contribution in [0.4, 0.5) is 0 Å². The Morgan fingerprint density at radius 3 is 2.71 bits per heavy atom. The Balaban J connectivity index is 1.60. The molecule has 2 aliphatic rings. The van der Waals surface area contributed by atoms with Gasteiger partial charge in [0.05, 0.1) is 12.6 Å². The first kappa shape index (κ1) is 15.3. The van der Waals surface area contributed by atoms with Crippen LogP contribution in [-0.2, 0) is 24.3 Å². The van der Waals surface area contributed by atoms with Crippen molar-refractivity contribution < 1.29 is 9.32 Å². The van der Waals surface area contributed by atoms with Crippen LogP contribution >= 0.6 is 0 Å². The molecule has 1 aromatic heterocycles. The highest BCUT2D eigenvalue weighted by Crippen LogP contribution is 2.26. The predicted octanol–water partition coefficient (Wildman–Crippen LogP) is 1.93. The molecule has 0 spiro atoms. The first-order valence-electron chi connectivity index (χ1n) is 8.59. The molecule has 2 aliphatic heterocycles. The molecule has 4 rings (SSSR count). The van der Waals surface area contributed by atoms with E-state index in [0.29, 0.717) is 18.3 Å². The fourth-order valence-electron chi connectivity index (χ4n) is 3.71. The Hall–Kier alpha value is -2.21. The molecule has 0 unspecified atom stereocenters. The minimum atomic E-state index is -0.148. The Morgan fingerprint density at radius 2 is 2.00 bits per heavy atom. The molecule has 0 bridgehead atoms. The number of nitrogens with zero attached hydrogens (tertiary/aromatic N) is 4. The molecular formula is C18H22N4O2. The standard InChI is InChI=1S/C18H22N4O2/c1-13-19-17(24-20-13)12-22-11-15-7-3-2-6-14(15)10-16(22)18(23)21-8-4-5-9-21/h2-3,6-7,16H,4-5,8-12H2,1H3/t16-/m0/s1. The van der Waals surface area contributed by atoms with Crippen molar-refractivity contribution in [2.45, 2.75) is 45.3 Å². The molecule has 0 N–H and O–H groups in total. The van der Waals surface area contributed by atoms with Gasteiger partial charge in [-0.25, -0.2) is 0 Å². The van der Waals surface area contributed by atoms with Gasteiger partial charge in [0.15, 0.2) is 5.82 Å². The third kappa shape index (κ3) is 2.94. The first-order chi connectivity index (χ1) is 11.7. The summed E-state index contributed by atoms with van der Waals surface area (Å²) in [4.78, 5) is 21.5. The largest absolute Gasteiger partial charge is 0.341 e. The third-order valence-electron chi connectivity index (χ3n) is 4.96. The van der Waals surface area contributed by atoms with Gasteiger partial charge in [0.2, 0.25) is 11.8 Å². The van der Waals surface area contributed by atoms with Crippen molar-refractivity contribution >= 4 is 5.91 Å². The van der Waals surface area contributed by atoms with Gasteiger partial charge in [0.1, 0.15) is 0 Å². The molecule has 1 amide bonds. The third-order valence-corrected chi connectivity index (χ3v) is 4.96. The van der Waals surface area contributed by atoms with Crippen LogP contribution in [0.3, 0.4) is 0 Å². The lowest BCUT2D eigenvalue weighted by Crippen LogP contribution is -2.50. The summed E-state index contributed by atoms with van der Waals surface area (Å²) in [5, 5.41) is 3.87. The zero-order chi connectivity index (χ0) is 16.5. The van der Waals surface area contributed by atoms with Crippen LogP contribution in [0.15, 0.2) is 28.8 Å². The fourth-order valence-corrected chi connectivity index (χ4v) is 3.71. The normalized spacial score (nSPS) is 21.0. The van der Waals surface area contributed by atoms with Crippen molar-refractivity contribution in [3.05, 3.63) is 47.1 Å². The van der Waals surface area contributed by atoms with E-state index in [2.05, 4.69) is 33.2 Å². The molecule has 1 aromatic carbocycles. The second-order valence-electron chi connectivity index (χ2n) is 6.66. The van der Waals surface area contributed by atoms with E-state index in [9.17, 15) is 4.79 Å². The van der Waals surface area contributed by atoms with Crippen LogP contribution in [0.1, 0.15) is 35.7 Å². The topological polar surface area (TPSA) is 62.5 Å². The van der Waals surface area contributed by atoms with Crippen molar-refractivity contribution in [1.29, 1.82) is 0 Å². The number of likely N-dealkylation sites (tertiary alicyclic amines) is 1.